The first kappa shape index (κ1) is 29.7. The molecule has 43 heavy (non-hydrogen) atoms. The highest BCUT2D eigenvalue weighted by atomic mass is 32.2. The normalized spacial score (nSPS) is 25.1. The summed E-state index contributed by atoms with van der Waals surface area (Å²) in [5, 5.41) is 0. The number of thioether (sulfide) groups is 1. The third kappa shape index (κ3) is 7.41. The third-order valence-corrected chi connectivity index (χ3v) is 8.71. The van der Waals surface area contributed by atoms with E-state index in [1.54, 1.807) is 26.0 Å². The second-order valence-corrected chi connectivity index (χ2v) is 11.6. The summed E-state index contributed by atoms with van der Waals surface area (Å²) in [5.41, 5.74) is 2.64. The molecule has 0 N–H and O–H groups in total. The van der Waals surface area contributed by atoms with E-state index in [4.69, 9.17) is 33.2 Å². The van der Waals surface area contributed by atoms with Gasteiger partial charge in [-0.2, -0.15) is 0 Å². The zero-order valence-electron chi connectivity index (χ0n) is 24.2. The Balaban J connectivity index is 1.29. The summed E-state index contributed by atoms with van der Waals surface area (Å²) in [6.07, 6.45) is -2.15. The number of hydrogen-bond acceptors (Lipinski definition) is 8. The van der Waals surface area contributed by atoms with Gasteiger partial charge in [0.2, 0.25) is 0 Å². The zero-order valence-corrected chi connectivity index (χ0v) is 25.1. The van der Waals surface area contributed by atoms with E-state index in [1.807, 2.05) is 97.1 Å². The molecule has 0 radical (unpaired) electrons. The molecular formula is C35H36O7S. The van der Waals surface area contributed by atoms with Crippen LogP contribution in [-0.4, -0.2) is 50.7 Å². The van der Waals surface area contributed by atoms with Crippen LogP contribution in [0.15, 0.2) is 114 Å². The highest BCUT2D eigenvalue weighted by Gasteiger charge is 2.51. The highest BCUT2D eigenvalue weighted by Crippen LogP contribution is 2.41. The maximum absolute atomic E-state index is 6.74. The van der Waals surface area contributed by atoms with E-state index in [0.29, 0.717) is 19.8 Å². The van der Waals surface area contributed by atoms with Crippen molar-refractivity contribution in [3.05, 3.63) is 126 Å². The van der Waals surface area contributed by atoms with Crippen molar-refractivity contribution in [1.29, 1.82) is 0 Å². The fourth-order valence-corrected chi connectivity index (χ4v) is 6.40. The molecular weight excluding hydrogens is 564 g/mol. The first-order valence-corrected chi connectivity index (χ1v) is 15.3. The second kappa shape index (κ2) is 14.4. The molecule has 224 valence electrons. The first-order chi connectivity index (χ1) is 21.2. The minimum atomic E-state index is -0.529. The Morgan fingerprint density at radius 2 is 1.21 bits per heavy atom. The second-order valence-electron chi connectivity index (χ2n) is 10.4. The van der Waals surface area contributed by atoms with E-state index < -0.39 is 24.6 Å². The van der Waals surface area contributed by atoms with Crippen molar-refractivity contribution in [2.45, 2.75) is 54.3 Å². The summed E-state index contributed by atoms with van der Waals surface area (Å²) in [6.45, 7) is 1.13. The Morgan fingerprint density at radius 1 is 0.651 bits per heavy atom. The van der Waals surface area contributed by atoms with Gasteiger partial charge in [-0.25, -0.2) is 0 Å². The predicted octanol–water partition coefficient (Wildman–Crippen LogP) is 6.81. The van der Waals surface area contributed by atoms with Crippen LogP contribution in [0.1, 0.15) is 23.0 Å². The molecule has 0 bridgehead atoms. The zero-order chi connectivity index (χ0) is 29.4. The van der Waals surface area contributed by atoms with Gasteiger partial charge in [0.25, 0.3) is 0 Å². The molecule has 2 heterocycles. The SMILES string of the molecule is COc1ccc(CO[C@@H]2[C@H](OCc3ccc(OC)cc3)[C@@H](Sc3ccccc3)O[C@@H]3COC(c4ccccc4)O[C@@H]23)cc1. The van der Waals surface area contributed by atoms with Crippen LogP contribution < -0.4 is 9.47 Å². The van der Waals surface area contributed by atoms with Crippen molar-refractivity contribution in [2.24, 2.45) is 0 Å². The molecule has 4 aromatic carbocycles. The molecule has 0 saturated carbocycles. The van der Waals surface area contributed by atoms with E-state index >= 15 is 0 Å². The van der Waals surface area contributed by atoms with Gasteiger partial charge >= 0.3 is 0 Å². The van der Waals surface area contributed by atoms with Crippen LogP contribution in [-0.2, 0) is 36.9 Å². The van der Waals surface area contributed by atoms with Gasteiger partial charge in [-0.15, -0.1) is 0 Å². The Bertz CT molecular complexity index is 1400. The van der Waals surface area contributed by atoms with Crippen molar-refractivity contribution < 1.29 is 33.2 Å². The lowest BCUT2D eigenvalue weighted by Crippen LogP contribution is -2.62. The standard InChI is InChI=1S/C35H36O7S/c1-36-27-17-13-24(14-18-27)21-38-32-31-30(23-40-34(42-31)26-9-5-3-6-10-26)41-35(43-29-11-7-4-8-12-29)33(32)39-22-25-15-19-28(37-2)20-16-25/h3-20,30-35H,21-23H2,1-2H3/t30-,31-,32+,33+,34?,35-/m1/s1. The fraction of sp³-hybridized carbons (Fsp3) is 0.314. The number of rotatable bonds is 11. The minimum absolute atomic E-state index is 0.331. The van der Waals surface area contributed by atoms with Gasteiger partial charge in [0, 0.05) is 10.5 Å². The lowest BCUT2D eigenvalue weighted by atomic mass is 9.98. The van der Waals surface area contributed by atoms with E-state index in [-0.39, 0.29) is 11.5 Å². The lowest BCUT2D eigenvalue weighted by Gasteiger charge is -2.49. The molecule has 7 nitrogen and oxygen atoms in total. The monoisotopic (exact) mass is 600 g/mol. The third-order valence-electron chi connectivity index (χ3n) is 7.55. The Morgan fingerprint density at radius 3 is 1.79 bits per heavy atom. The smallest absolute Gasteiger partial charge is 0.184 e. The van der Waals surface area contributed by atoms with E-state index in [2.05, 4.69) is 12.1 Å². The van der Waals surface area contributed by atoms with Gasteiger partial charge in [-0.05, 0) is 47.5 Å². The quantitative estimate of drug-likeness (QED) is 0.186. The minimum Gasteiger partial charge on any atom is -0.497 e. The fourth-order valence-electron chi connectivity index (χ4n) is 5.25. The average Bonchev–Trinajstić information content (AvgIpc) is 3.07. The van der Waals surface area contributed by atoms with E-state index in [9.17, 15) is 0 Å². The van der Waals surface area contributed by atoms with Gasteiger partial charge in [-0.1, -0.05) is 84.6 Å². The van der Waals surface area contributed by atoms with Crippen LogP contribution in [0.4, 0.5) is 0 Å². The van der Waals surface area contributed by atoms with Crippen molar-refractivity contribution >= 4 is 11.8 Å². The largest absolute Gasteiger partial charge is 0.497 e. The van der Waals surface area contributed by atoms with E-state index in [1.165, 1.54) is 0 Å². The molecule has 0 aromatic heterocycles. The molecule has 0 aliphatic carbocycles. The molecule has 6 atom stereocenters. The molecule has 2 aliphatic heterocycles. The molecule has 0 spiro atoms. The number of fused-ring (bicyclic) bond motifs is 1. The Labute approximate surface area is 257 Å². The van der Waals surface area contributed by atoms with Gasteiger partial charge < -0.3 is 33.2 Å². The predicted molar refractivity (Wildman–Crippen MR) is 164 cm³/mol. The number of ether oxygens (including phenoxy) is 7. The van der Waals surface area contributed by atoms with Crippen molar-refractivity contribution in [3.8, 4) is 11.5 Å². The molecule has 1 unspecified atom stereocenters. The summed E-state index contributed by atoms with van der Waals surface area (Å²) in [5.74, 6) is 1.60. The molecule has 4 aromatic rings. The van der Waals surface area contributed by atoms with Crippen molar-refractivity contribution in [1.82, 2.24) is 0 Å². The molecule has 6 rings (SSSR count). The van der Waals surface area contributed by atoms with Gasteiger partial charge in [0.15, 0.2) is 6.29 Å². The summed E-state index contributed by atoms with van der Waals surface area (Å²) in [7, 11) is 3.32. The molecule has 2 saturated heterocycles. The van der Waals surface area contributed by atoms with Crippen LogP contribution in [0.3, 0.4) is 0 Å². The van der Waals surface area contributed by atoms with Crippen LogP contribution in [0.25, 0.3) is 0 Å². The highest BCUT2D eigenvalue weighted by molar-refractivity contribution is 7.99. The Hall–Kier alpha value is -3.37. The molecule has 2 fully saturated rings. The maximum atomic E-state index is 6.74. The van der Waals surface area contributed by atoms with Crippen LogP contribution in [0.5, 0.6) is 11.5 Å². The summed E-state index contributed by atoms with van der Waals surface area (Å²) >= 11 is 1.62. The summed E-state index contributed by atoms with van der Waals surface area (Å²) in [6, 6.07) is 36.0. The Kier molecular flexibility index (Phi) is 9.94. The first-order valence-electron chi connectivity index (χ1n) is 14.4. The molecule has 8 heteroatoms. The molecule has 2 aliphatic rings. The summed E-state index contributed by atoms with van der Waals surface area (Å²) < 4.78 is 43.6. The number of hydrogen-bond donors (Lipinski definition) is 0. The lowest BCUT2D eigenvalue weighted by molar-refractivity contribution is -0.329. The maximum Gasteiger partial charge on any atom is 0.184 e. The van der Waals surface area contributed by atoms with Crippen LogP contribution in [0, 0.1) is 0 Å². The summed E-state index contributed by atoms with van der Waals surface area (Å²) in [4.78, 5) is 1.08. The number of benzene rings is 4. The average molecular weight is 601 g/mol. The van der Waals surface area contributed by atoms with Crippen molar-refractivity contribution in [3.63, 3.8) is 0 Å². The van der Waals surface area contributed by atoms with Gasteiger partial charge in [0.05, 0.1) is 34.0 Å². The van der Waals surface area contributed by atoms with Crippen LogP contribution >= 0.6 is 11.8 Å². The van der Waals surface area contributed by atoms with Gasteiger partial charge in [0.1, 0.15) is 41.4 Å². The molecule has 0 amide bonds. The topological polar surface area (TPSA) is 64.6 Å². The van der Waals surface area contributed by atoms with Crippen molar-refractivity contribution in [2.75, 3.05) is 20.8 Å². The van der Waals surface area contributed by atoms with Gasteiger partial charge in [-0.3, -0.25) is 0 Å². The van der Waals surface area contributed by atoms with E-state index in [0.717, 1.165) is 33.1 Å². The number of methoxy groups -OCH3 is 2. The van der Waals surface area contributed by atoms with Crippen LogP contribution in [0.2, 0.25) is 0 Å².